The van der Waals surface area contributed by atoms with Gasteiger partial charge in [-0.1, -0.05) is 6.08 Å². The van der Waals surface area contributed by atoms with Crippen molar-refractivity contribution in [3.05, 3.63) is 33.5 Å². The van der Waals surface area contributed by atoms with Crippen molar-refractivity contribution in [1.29, 1.82) is 0 Å². The lowest BCUT2D eigenvalue weighted by atomic mass is 10.4. The van der Waals surface area contributed by atoms with E-state index in [9.17, 15) is 9.59 Å². The Morgan fingerprint density at radius 1 is 1.35 bits per heavy atom. The number of likely N-dealkylation sites (N-methyl/N-ethyl adjacent to an activating group) is 1. The summed E-state index contributed by atoms with van der Waals surface area (Å²) in [5.74, 6) is 0.582. The quantitative estimate of drug-likeness (QED) is 0.541. The van der Waals surface area contributed by atoms with E-state index in [0.29, 0.717) is 23.7 Å². The molecule has 0 saturated carbocycles. The lowest BCUT2D eigenvalue weighted by molar-refractivity contribution is -0.894. The average molecular weight is 321 g/mol. The maximum absolute atomic E-state index is 12.1. The highest BCUT2D eigenvalue weighted by atomic mass is 16.2. The summed E-state index contributed by atoms with van der Waals surface area (Å²) in [6.45, 7) is 12.3. The lowest BCUT2D eigenvalue weighted by Gasteiger charge is -2.16. The number of aromatic nitrogens is 4. The Hall–Kier alpha value is -2.35. The Labute approximate surface area is 134 Å². The number of H-pyrrole nitrogens is 1. The van der Waals surface area contributed by atoms with Gasteiger partial charge in [0, 0.05) is 13.6 Å². The molecule has 0 aliphatic heterocycles. The van der Waals surface area contributed by atoms with E-state index in [1.165, 1.54) is 9.47 Å². The summed E-state index contributed by atoms with van der Waals surface area (Å²) in [6.07, 6.45) is 1.70. The van der Waals surface area contributed by atoms with Crippen molar-refractivity contribution in [2.75, 3.05) is 31.5 Å². The summed E-state index contributed by atoms with van der Waals surface area (Å²) in [5.41, 5.74) is -0.146. The second-order valence-corrected chi connectivity index (χ2v) is 5.46. The molecule has 0 bridgehead atoms. The SMILES string of the molecule is C=CCn1c(NCC[NH+](CC)CC)nc2c1c(=O)[nH]c(=O)n2C. The normalized spacial score (nSPS) is 11.3. The maximum Gasteiger partial charge on any atom is 0.329 e. The van der Waals surface area contributed by atoms with Crippen LogP contribution < -0.4 is 21.5 Å². The highest BCUT2D eigenvalue weighted by molar-refractivity contribution is 5.74. The molecule has 0 fully saturated rings. The van der Waals surface area contributed by atoms with E-state index in [4.69, 9.17) is 0 Å². The number of quaternary nitrogens is 1. The van der Waals surface area contributed by atoms with Crippen molar-refractivity contribution in [2.45, 2.75) is 20.4 Å². The summed E-state index contributed by atoms with van der Waals surface area (Å²) >= 11 is 0. The van der Waals surface area contributed by atoms with Gasteiger partial charge in [0.2, 0.25) is 5.95 Å². The average Bonchev–Trinajstić information content (AvgIpc) is 2.89. The van der Waals surface area contributed by atoms with Crippen LogP contribution in [0.3, 0.4) is 0 Å². The summed E-state index contributed by atoms with van der Waals surface area (Å²) < 4.78 is 3.09. The van der Waals surface area contributed by atoms with Gasteiger partial charge in [0.1, 0.15) is 0 Å². The van der Waals surface area contributed by atoms with Crippen LogP contribution in [-0.4, -0.2) is 45.3 Å². The fourth-order valence-corrected chi connectivity index (χ4v) is 2.63. The Morgan fingerprint density at radius 2 is 2.04 bits per heavy atom. The largest absolute Gasteiger partial charge is 0.350 e. The molecule has 2 aromatic heterocycles. The zero-order chi connectivity index (χ0) is 17.0. The first-order chi connectivity index (χ1) is 11.0. The number of nitrogens with one attached hydrogen (secondary N) is 3. The number of fused-ring (bicyclic) bond motifs is 1. The van der Waals surface area contributed by atoms with Crippen LogP contribution in [0.4, 0.5) is 5.95 Å². The van der Waals surface area contributed by atoms with Crippen molar-refractivity contribution in [3.63, 3.8) is 0 Å². The Kier molecular flexibility index (Phi) is 5.38. The first-order valence-electron chi connectivity index (χ1n) is 7.91. The van der Waals surface area contributed by atoms with Crippen molar-refractivity contribution >= 4 is 17.1 Å². The van der Waals surface area contributed by atoms with Crippen molar-refractivity contribution in [3.8, 4) is 0 Å². The summed E-state index contributed by atoms with van der Waals surface area (Å²) in [4.78, 5) is 32.1. The molecule has 0 unspecified atom stereocenters. The van der Waals surface area contributed by atoms with Gasteiger partial charge in [-0.25, -0.2) is 4.79 Å². The fourth-order valence-electron chi connectivity index (χ4n) is 2.63. The van der Waals surface area contributed by atoms with E-state index in [1.54, 1.807) is 17.7 Å². The molecule has 0 aliphatic rings. The van der Waals surface area contributed by atoms with E-state index in [1.807, 2.05) is 0 Å². The molecule has 2 heterocycles. The summed E-state index contributed by atoms with van der Waals surface area (Å²) in [7, 11) is 1.59. The van der Waals surface area contributed by atoms with Crippen molar-refractivity contribution in [1.82, 2.24) is 19.1 Å². The molecule has 0 saturated heterocycles. The predicted molar refractivity (Wildman–Crippen MR) is 91.2 cm³/mol. The maximum atomic E-state index is 12.1. The molecule has 0 amide bonds. The zero-order valence-electron chi connectivity index (χ0n) is 14.0. The van der Waals surface area contributed by atoms with Crippen LogP contribution in [0.25, 0.3) is 11.2 Å². The second kappa shape index (κ2) is 7.28. The second-order valence-electron chi connectivity index (χ2n) is 5.46. The summed E-state index contributed by atoms with van der Waals surface area (Å²) in [6, 6.07) is 0. The third kappa shape index (κ3) is 3.37. The van der Waals surface area contributed by atoms with Gasteiger partial charge >= 0.3 is 5.69 Å². The minimum absolute atomic E-state index is 0.373. The van der Waals surface area contributed by atoms with E-state index in [2.05, 4.69) is 35.7 Å². The molecule has 23 heavy (non-hydrogen) atoms. The Balaban J connectivity index is 2.39. The lowest BCUT2D eigenvalue weighted by Crippen LogP contribution is -3.12. The zero-order valence-corrected chi connectivity index (χ0v) is 14.0. The van der Waals surface area contributed by atoms with Crippen LogP contribution in [0.1, 0.15) is 13.8 Å². The van der Waals surface area contributed by atoms with Crippen molar-refractivity contribution in [2.24, 2.45) is 7.05 Å². The number of imidazole rings is 1. The number of rotatable bonds is 8. The number of hydrogen-bond donors (Lipinski definition) is 3. The highest BCUT2D eigenvalue weighted by Gasteiger charge is 2.16. The number of allylic oxidation sites excluding steroid dienone is 1. The van der Waals surface area contributed by atoms with E-state index in [0.717, 1.165) is 26.2 Å². The van der Waals surface area contributed by atoms with Crippen LogP contribution in [0.5, 0.6) is 0 Å². The number of hydrogen-bond acceptors (Lipinski definition) is 4. The molecular formula is C15H25N6O2+. The smallest absolute Gasteiger partial charge is 0.329 e. The van der Waals surface area contributed by atoms with Gasteiger partial charge in [-0.3, -0.25) is 14.3 Å². The minimum atomic E-state index is -0.468. The van der Waals surface area contributed by atoms with Gasteiger partial charge in [-0.15, -0.1) is 6.58 Å². The van der Waals surface area contributed by atoms with E-state index in [-0.39, 0.29) is 0 Å². The molecule has 3 N–H and O–H groups in total. The predicted octanol–water partition coefficient (Wildman–Crippen LogP) is -1.05. The molecule has 0 aliphatic carbocycles. The molecule has 2 rings (SSSR count). The third-order valence-corrected chi connectivity index (χ3v) is 4.08. The molecule has 0 aromatic carbocycles. The topological polar surface area (TPSA) is 89.2 Å². The summed E-state index contributed by atoms with van der Waals surface area (Å²) in [5, 5.41) is 3.28. The molecule has 8 nitrogen and oxygen atoms in total. The Bertz CT molecular complexity index is 797. The van der Waals surface area contributed by atoms with Crippen LogP contribution in [-0.2, 0) is 13.6 Å². The molecule has 0 radical (unpaired) electrons. The third-order valence-electron chi connectivity index (χ3n) is 4.08. The van der Waals surface area contributed by atoms with Crippen LogP contribution >= 0.6 is 0 Å². The fraction of sp³-hybridized carbons (Fsp3) is 0.533. The van der Waals surface area contributed by atoms with Crippen molar-refractivity contribution < 1.29 is 4.90 Å². The first-order valence-corrected chi connectivity index (χ1v) is 7.91. The van der Waals surface area contributed by atoms with Gasteiger partial charge in [0.15, 0.2) is 11.2 Å². The highest BCUT2D eigenvalue weighted by Crippen LogP contribution is 2.14. The number of aromatic amines is 1. The first kappa shape index (κ1) is 17.0. The number of aryl methyl sites for hydroxylation is 1. The van der Waals surface area contributed by atoms with Crippen LogP contribution in [0.2, 0.25) is 0 Å². The minimum Gasteiger partial charge on any atom is -0.350 e. The van der Waals surface area contributed by atoms with E-state index < -0.39 is 11.2 Å². The van der Waals surface area contributed by atoms with Gasteiger partial charge in [-0.05, 0) is 13.8 Å². The molecule has 0 atom stereocenters. The molecule has 2 aromatic rings. The van der Waals surface area contributed by atoms with Gasteiger partial charge < -0.3 is 14.8 Å². The van der Waals surface area contributed by atoms with Gasteiger partial charge in [-0.2, -0.15) is 4.98 Å². The molecule has 0 spiro atoms. The van der Waals surface area contributed by atoms with Gasteiger partial charge in [0.05, 0.1) is 26.2 Å². The van der Waals surface area contributed by atoms with Crippen LogP contribution in [0.15, 0.2) is 22.2 Å². The van der Waals surface area contributed by atoms with E-state index >= 15 is 0 Å². The molecular weight excluding hydrogens is 296 g/mol. The standard InChI is InChI=1S/C15H24N6O2/c1-5-9-21-11-12(19(4)15(23)18-13(11)22)17-14(21)16-8-10-20(6-2)7-3/h5H,1,6-10H2,2-4H3,(H,16,17)(H,18,22,23)/p+1. The molecule has 126 valence electrons. The number of anilines is 1. The van der Waals surface area contributed by atoms with Crippen LogP contribution in [0, 0.1) is 0 Å². The Morgan fingerprint density at radius 3 is 2.65 bits per heavy atom. The monoisotopic (exact) mass is 321 g/mol. The van der Waals surface area contributed by atoms with Gasteiger partial charge in [0.25, 0.3) is 5.56 Å². The number of nitrogens with zero attached hydrogens (tertiary/aromatic N) is 3. The molecule has 8 heteroatoms.